The molecule has 5 heteroatoms. The van der Waals surface area contributed by atoms with E-state index in [0.29, 0.717) is 24.2 Å². The average molecular weight is 369 g/mol. The molecule has 1 fully saturated rings. The maximum atomic E-state index is 13.5. The van der Waals surface area contributed by atoms with Crippen molar-refractivity contribution >= 4 is 30.0 Å². The Morgan fingerprint density at radius 2 is 1.58 bits per heavy atom. The van der Waals surface area contributed by atoms with Crippen molar-refractivity contribution in [2.24, 2.45) is 0 Å². The molecule has 4 nitrogen and oxygen atoms in total. The van der Waals surface area contributed by atoms with Crippen molar-refractivity contribution < 1.29 is 9.59 Å². The lowest BCUT2D eigenvalue weighted by Crippen LogP contribution is -2.59. The van der Waals surface area contributed by atoms with Crippen molar-refractivity contribution in [1.29, 1.82) is 0 Å². The van der Waals surface area contributed by atoms with Crippen LogP contribution in [-0.4, -0.2) is 42.6 Å². The molecule has 2 aliphatic rings. The minimum Gasteiger partial charge on any atom is -0.314 e. The van der Waals surface area contributed by atoms with Crippen LogP contribution in [-0.2, 0) is 5.54 Å². The standard InChI is InChI=1S/C21H20N2O2.ClH/c1-2-15-6-5-7-16(14-15)21(23-12-10-22-11-13-23)19(24)17-8-3-4-9-18(17)20(21)25;/h2-9,14,22H,1,10-13H2;1H. The van der Waals surface area contributed by atoms with Crippen molar-refractivity contribution in [2.75, 3.05) is 26.2 Å². The lowest BCUT2D eigenvalue weighted by Gasteiger charge is -2.41. The fourth-order valence-electron chi connectivity index (χ4n) is 3.99. The summed E-state index contributed by atoms with van der Waals surface area (Å²) >= 11 is 0. The fourth-order valence-corrected chi connectivity index (χ4v) is 3.99. The van der Waals surface area contributed by atoms with E-state index in [0.717, 1.165) is 24.2 Å². The molecule has 4 rings (SSSR count). The fraction of sp³-hybridized carbons (Fsp3) is 0.238. The zero-order valence-electron chi connectivity index (χ0n) is 14.4. The number of nitrogens with zero attached hydrogens (tertiary/aromatic N) is 1. The Kier molecular flexibility index (Phi) is 5.10. The summed E-state index contributed by atoms with van der Waals surface area (Å²) in [5.74, 6) is -0.229. The number of hydrogen-bond acceptors (Lipinski definition) is 4. The highest BCUT2D eigenvalue weighted by molar-refractivity contribution is 6.32. The number of fused-ring (bicyclic) bond motifs is 1. The Morgan fingerprint density at radius 1 is 0.962 bits per heavy atom. The number of halogens is 1. The molecule has 2 aromatic carbocycles. The number of carbonyl (C=O) groups excluding carboxylic acids is 2. The molecule has 0 radical (unpaired) electrons. The molecule has 1 aliphatic heterocycles. The molecule has 0 unspecified atom stereocenters. The van der Waals surface area contributed by atoms with Crippen molar-refractivity contribution in [1.82, 2.24) is 10.2 Å². The summed E-state index contributed by atoms with van der Waals surface area (Å²) in [5.41, 5.74) is 1.43. The largest absolute Gasteiger partial charge is 0.314 e. The summed E-state index contributed by atoms with van der Waals surface area (Å²) in [4.78, 5) is 29.1. The van der Waals surface area contributed by atoms with Gasteiger partial charge >= 0.3 is 0 Å². The lowest BCUT2D eigenvalue weighted by atomic mass is 9.82. The summed E-state index contributed by atoms with van der Waals surface area (Å²) in [5, 5.41) is 3.30. The molecule has 1 aliphatic carbocycles. The second-order valence-electron chi connectivity index (χ2n) is 6.48. The topological polar surface area (TPSA) is 49.4 Å². The Hall–Kier alpha value is -2.27. The number of Topliss-reactive ketones (excluding diaryl/α,β-unsaturated/α-hetero) is 2. The van der Waals surface area contributed by atoms with E-state index in [-0.39, 0.29) is 24.0 Å². The van der Waals surface area contributed by atoms with E-state index in [1.54, 1.807) is 18.2 Å². The minimum absolute atomic E-state index is 0. The number of ketones is 2. The molecule has 1 saturated heterocycles. The number of hydrogen-bond donors (Lipinski definition) is 1. The van der Waals surface area contributed by atoms with Crippen LogP contribution in [0.5, 0.6) is 0 Å². The zero-order chi connectivity index (χ0) is 17.4. The Bertz CT molecular complexity index is 837. The molecule has 0 saturated carbocycles. The first-order chi connectivity index (χ1) is 12.2. The highest BCUT2D eigenvalue weighted by Gasteiger charge is 2.57. The van der Waals surface area contributed by atoms with Crippen molar-refractivity contribution in [3.63, 3.8) is 0 Å². The van der Waals surface area contributed by atoms with Gasteiger partial charge in [-0.05, 0) is 17.2 Å². The number of nitrogens with one attached hydrogen (secondary N) is 1. The lowest BCUT2D eigenvalue weighted by molar-refractivity contribution is 0.0443. The Labute approximate surface area is 159 Å². The molecular weight excluding hydrogens is 348 g/mol. The second kappa shape index (κ2) is 7.16. The quantitative estimate of drug-likeness (QED) is 0.846. The third-order valence-corrected chi connectivity index (χ3v) is 5.20. The van der Waals surface area contributed by atoms with Gasteiger partial charge in [0, 0.05) is 37.3 Å². The molecule has 0 amide bonds. The van der Waals surface area contributed by atoms with Gasteiger partial charge in [-0.2, -0.15) is 0 Å². The second-order valence-corrected chi connectivity index (χ2v) is 6.48. The third kappa shape index (κ3) is 2.53. The number of benzene rings is 2. The van der Waals surface area contributed by atoms with E-state index in [9.17, 15) is 9.59 Å². The summed E-state index contributed by atoms with van der Waals surface area (Å²) in [6.07, 6.45) is 1.74. The average Bonchev–Trinajstić information content (AvgIpc) is 2.91. The summed E-state index contributed by atoms with van der Waals surface area (Å²) in [7, 11) is 0. The number of carbonyl (C=O) groups is 2. The maximum Gasteiger partial charge on any atom is 0.196 e. The monoisotopic (exact) mass is 368 g/mol. The summed E-state index contributed by atoms with van der Waals surface area (Å²) < 4.78 is 0. The summed E-state index contributed by atoms with van der Waals surface area (Å²) in [6.45, 7) is 6.66. The van der Waals surface area contributed by atoms with Gasteiger partial charge in [0.2, 0.25) is 0 Å². The van der Waals surface area contributed by atoms with E-state index in [1.807, 2.05) is 41.3 Å². The molecule has 0 atom stereocenters. The molecule has 2 aromatic rings. The van der Waals surface area contributed by atoms with Crippen LogP contribution in [0.1, 0.15) is 31.8 Å². The van der Waals surface area contributed by atoms with Gasteiger partial charge in [0.15, 0.2) is 17.1 Å². The van der Waals surface area contributed by atoms with Crippen LogP contribution in [0.4, 0.5) is 0 Å². The first kappa shape index (κ1) is 18.5. The molecule has 1 heterocycles. The van der Waals surface area contributed by atoms with E-state index in [1.165, 1.54) is 0 Å². The van der Waals surface area contributed by atoms with Gasteiger partial charge in [-0.1, -0.05) is 55.1 Å². The van der Waals surface area contributed by atoms with Gasteiger partial charge in [0.05, 0.1) is 0 Å². The van der Waals surface area contributed by atoms with Crippen LogP contribution in [0.15, 0.2) is 55.1 Å². The predicted octanol–water partition coefficient (Wildman–Crippen LogP) is 2.93. The van der Waals surface area contributed by atoms with Crippen molar-refractivity contribution in [3.8, 4) is 0 Å². The van der Waals surface area contributed by atoms with Crippen molar-refractivity contribution in [3.05, 3.63) is 77.4 Å². The smallest absolute Gasteiger partial charge is 0.196 e. The molecule has 0 bridgehead atoms. The first-order valence-corrected chi connectivity index (χ1v) is 8.57. The highest BCUT2D eigenvalue weighted by atomic mass is 35.5. The third-order valence-electron chi connectivity index (χ3n) is 5.20. The van der Waals surface area contributed by atoms with Crippen LogP contribution >= 0.6 is 12.4 Å². The Morgan fingerprint density at radius 3 is 2.15 bits per heavy atom. The van der Waals surface area contributed by atoms with Gasteiger partial charge in [0.1, 0.15) is 0 Å². The van der Waals surface area contributed by atoms with Gasteiger partial charge in [-0.25, -0.2) is 0 Å². The van der Waals surface area contributed by atoms with Gasteiger partial charge in [-0.15, -0.1) is 12.4 Å². The van der Waals surface area contributed by atoms with E-state index in [4.69, 9.17) is 0 Å². The molecule has 134 valence electrons. The minimum atomic E-state index is -1.26. The predicted molar refractivity (Wildman–Crippen MR) is 105 cm³/mol. The number of piperazine rings is 1. The molecular formula is C21H21ClN2O2. The Balaban J connectivity index is 0.00000196. The van der Waals surface area contributed by atoms with Gasteiger partial charge in [0.25, 0.3) is 0 Å². The van der Waals surface area contributed by atoms with Crippen LogP contribution < -0.4 is 5.32 Å². The van der Waals surface area contributed by atoms with Gasteiger partial charge in [-0.3, -0.25) is 14.5 Å². The van der Waals surface area contributed by atoms with Crippen LogP contribution in [0.25, 0.3) is 6.08 Å². The maximum absolute atomic E-state index is 13.5. The first-order valence-electron chi connectivity index (χ1n) is 8.57. The SMILES string of the molecule is C=Cc1cccc(C2(N3CCNCC3)C(=O)c3ccccc3C2=O)c1.Cl. The van der Waals surface area contributed by atoms with E-state index < -0.39 is 5.54 Å². The van der Waals surface area contributed by atoms with Crippen LogP contribution in [0.2, 0.25) is 0 Å². The van der Waals surface area contributed by atoms with E-state index in [2.05, 4.69) is 11.9 Å². The van der Waals surface area contributed by atoms with Crippen LogP contribution in [0, 0.1) is 0 Å². The van der Waals surface area contributed by atoms with Crippen LogP contribution in [0.3, 0.4) is 0 Å². The molecule has 0 aromatic heterocycles. The van der Waals surface area contributed by atoms with Crippen molar-refractivity contribution in [2.45, 2.75) is 5.54 Å². The van der Waals surface area contributed by atoms with Gasteiger partial charge < -0.3 is 5.32 Å². The molecule has 1 N–H and O–H groups in total. The molecule has 26 heavy (non-hydrogen) atoms. The molecule has 0 spiro atoms. The highest BCUT2D eigenvalue weighted by Crippen LogP contribution is 2.42. The number of rotatable bonds is 3. The summed E-state index contributed by atoms with van der Waals surface area (Å²) in [6, 6.07) is 14.8. The van der Waals surface area contributed by atoms with E-state index >= 15 is 0 Å². The normalized spacial score (nSPS) is 18.9. The zero-order valence-corrected chi connectivity index (χ0v) is 15.2.